The maximum atomic E-state index is 12.5. The second-order valence-corrected chi connectivity index (χ2v) is 7.66. The molecule has 1 saturated heterocycles. The number of carbonyl (C=O) groups excluding carboxylic acids is 2. The molecular formula is C16H17N5O4S2. The van der Waals surface area contributed by atoms with Crippen molar-refractivity contribution in [1.82, 2.24) is 25.5 Å². The van der Waals surface area contributed by atoms with E-state index in [4.69, 9.17) is 0 Å². The number of rotatable bonds is 7. The monoisotopic (exact) mass is 407 g/mol. The summed E-state index contributed by atoms with van der Waals surface area (Å²) < 4.78 is 0. The van der Waals surface area contributed by atoms with Crippen molar-refractivity contribution in [3.05, 3.63) is 42.4 Å². The topological polar surface area (TPSA) is 125 Å². The fourth-order valence-electron chi connectivity index (χ4n) is 2.66. The lowest BCUT2D eigenvalue weighted by molar-refractivity contribution is -0.148. The second kappa shape index (κ2) is 8.44. The molecule has 3 rings (SSSR count). The van der Waals surface area contributed by atoms with Gasteiger partial charge in [0, 0.05) is 30.4 Å². The molecule has 3 heterocycles. The molecule has 3 amide bonds. The van der Waals surface area contributed by atoms with Gasteiger partial charge in [-0.15, -0.1) is 18.3 Å². The van der Waals surface area contributed by atoms with Crippen LogP contribution in [0.2, 0.25) is 0 Å². The highest BCUT2D eigenvalue weighted by molar-refractivity contribution is 8.01. The Hall–Kier alpha value is -2.53. The third-order valence-corrected chi connectivity index (χ3v) is 6.16. The molecule has 2 aliphatic rings. The number of β-lactam (4-membered cyclic amide) rings is 1. The Bertz CT molecular complexity index is 801. The lowest BCUT2D eigenvalue weighted by atomic mass is 10.0. The van der Waals surface area contributed by atoms with Crippen molar-refractivity contribution in [2.45, 2.75) is 16.6 Å². The molecule has 1 aromatic rings. The molecule has 11 heteroatoms. The summed E-state index contributed by atoms with van der Waals surface area (Å²) in [6.07, 6.45) is 4.75. The normalized spacial score (nSPS) is 21.2. The zero-order chi connectivity index (χ0) is 19.4. The van der Waals surface area contributed by atoms with Gasteiger partial charge >= 0.3 is 12.0 Å². The number of carbonyl (C=O) groups is 3. The van der Waals surface area contributed by atoms with Gasteiger partial charge in [-0.05, 0) is 11.6 Å². The predicted molar refractivity (Wildman–Crippen MR) is 101 cm³/mol. The van der Waals surface area contributed by atoms with Crippen LogP contribution in [-0.4, -0.2) is 67.3 Å². The van der Waals surface area contributed by atoms with Crippen molar-refractivity contribution in [3.8, 4) is 0 Å². The third kappa shape index (κ3) is 4.08. The molecule has 3 N–H and O–H groups in total. The Kier molecular flexibility index (Phi) is 6.01. The minimum Gasteiger partial charge on any atom is -0.477 e. The van der Waals surface area contributed by atoms with E-state index in [9.17, 15) is 19.5 Å². The van der Waals surface area contributed by atoms with Crippen LogP contribution < -0.4 is 10.6 Å². The van der Waals surface area contributed by atoms with Crippen molar-refractivity contribution in [2.75, 3.05) is 18.1 Å². The molecule has 142 valence electrons. The Morgan fingerprint density at radius 1 is 1.44 bits per heavy atom. The highest BCUT2D eigenvalue weighted by Gasteiger charge is 2.54. The van der Waals surface area contributed by atoms with E-state index in [0.29, 0.717) is 22.2 Å². The van der Waals surface area contributed by atoms with E-state index < -0.39 is 29.3 Å². The van der Waals surface area contributed by atoms with Crippen LogP contribution in [0.3, 0.4) is 0 Å². The van der Waals surface area contributed by atoms with E-state index in [2.05, 4.69) is 27.2 Å². The standard InChI is InChI=1S/C16H17N5O4S2/c1-2-4-17-15(25)20-10-12(22)21-11(14(23)24)9(7-26-13(10)21)8-27-16-18-5-3-6-19-16/h2-3,5-6,10,13H,1,4,7-8H2,(H,23,24)(H2,17,20,25)/t10?,13-/m1/s1. The van der Waals surface area contributed by atoms with Crippen molar-refractivity contribution >= 4 is 41.4 Å². The molecule has 1 fully saturated rings. The van der Waals surface area contributed by atoms with Crippen LogP contribution in [0.4, 0.5) is 4.79 Å². The van der Waals surface area contributed by atoms with Crippen molar-refractivity contribution in [3.63, 3.8) is 0 Å². The number of hydrogen-bond donors (Lipinski definition) is 3. The molecule has 0 bridgehead atoms. The molecule has 1 unspecified atom stereocenters. The Morgan fingerprint density at radius 3 is 2.85 bits per heavy atom. The summed E-state index contributed by atoms with van der Waals surface area (Å²) in [5.41, 5.74) is 0.612. The number of thioether (sulfide) groups is 2. The molecule has 0 radical (unpaired) electrons. The van der Waals surface area contributed by atoms with Gasteiger partial charge in [-0.1, -0.05) is 17.8 Å². The van der Waals surface area contributed by atoms with E-state index in [1.807, 2.05) is 0 Å². The number of carboxylic acid groups (broad SMARTS) is 1. The first-order chi connectivity index (χ1) is 13.0. The molecule has 2 aliphatic heterocycles. The van der Waals surface area contributed by atoms with Crippen molar-refractivity contribution < 1.29 is 19.5 Å². The minimum absolute atomic E-state index is 0.0169. The molecule has 0 saturated carbocycles. The molecule has 27 heavy (non-hydrogen) atoms. The van der Waals surface area contributed by atoms with E-state index >= 15 is 0 Å². The van der Waals surface area contributed by atoms with Crippen molar-refractivity contribution in [1.29, 1.82) is 0 Å². The summed E-state index contributed by atoms with van der Waals surface area (Å²) in [5, 5.41) is 14.8. The lowest BCUT2D eigenvalue weighted by Gasteiger charge is -2.49. The van der Waals surface area contributed by atoms with Gasteiger partial charge in [0.15, 0.2) is 5.16 Å². The zero-order valence-corrected chi connectivity index (χ0v) is 15.8. The fourth-order valence-corrected chi connectivity index (χ4v) is 4.95. The fraction of sp³-hybridized carbons (Fsp3) is 0.312. The van der Waals surface area contributed by atoms with Crippen LogP contribution in [0, 0.1) is 0 Å². The number of aliphatic carboxylic acids is 1. The molecule has 0 aromatic carbocycles. The average molecular weight is 407 g/mol. The van der Waals surface area contributed by atoms with Crippen LogP contribution in [0.15, 0.2) is 47.5 Å². The third-order valence-electron chi connectivity index (χ3n) is 3.86. The quantitative estimate of drug-likeness (QED) is 0.261. The highest BCUT2D eigenvalue weighted by Crippen LogP contribution is 2.41. The number of aromatic nitrogens is 2. The molecular weight excluding hydrogens is 390 g/mol. The maximum absolute atomic E-state index is 12.5. The molecule has 0 spiro atoms. The van der Waals surface area contributed by atoms with E-state index in [1.165, 1.54) is 34.5 Å². The number of carboxylic acids is 1. The summed E-state index contributed by atoms with van der Waals surface area (Å²) in [6, 6.07) is 0.460. The highest BCUT2D eigenvalue weighted by atomic mass is 32.2. The average Bonchev–Trinajstić information content (AvgIpc) is 2.68. The SMILES string of the molecule is C=CCNC(=O)NC1C(=O)N2C(C(=O)O)=C(CSc3ncccn3)CS[C@H]12. The predicted octanol–water partition coefficient (Wildman–Crippen LogP) is 0.676. The second-order valence-electron chi connectivity index (χ2n) is 5.61. The number of nitrogens with one attached hydrogen (secondary N) is 2. The van der Waals surface area contributed by atoms with Crippen molar-refractivity contribution in [2.24, 2.45) is 0 Å². The first-order valence-electron chi connectivity index (χ1n) is 7.98. The van der Waals surface area contributed by atoms with Gasteiger partial charge in [-0.2, -0.15) is 0 Å². The first kappa shape index (κ1) is 19.2. The summed E-state index contributed by atoms with van der Waals surface area (Å²) >= 11 is 2.74. The van der Waals surface area contributed by atoms with Crippen LogP contribution in [0.5, 0.6) is 0 Å². The molecule has 9 nitrogen and oxygen atoms in total. The lowest BCUT2D eigenvalue weighted by Crippen LogP contribution is -2.71. The van der Waals surface area contributed by atoms with Gasteiger partial charge in [0.2, 0.25) is 0 Å². The van der Waals surface area contributed by atoms with Gasteiger partial charge in [-0.25, -0.2) is 19.6 Å². The van der Waals surface area contributed by atoms with E-state index in [1.54, 1.807) is 18.5 Å². The van der Waals surface area contributed by atoms with Gasteiger partial charge in [0.25, 0.3) is 5.91 Å². The number of fused-ring (bicyclic) bond motifs is 1. The van der Waals surface area contributed by atoms with Crippen LogP contribution >= 0.6 is 23.5 Å². The summed E-state index contributed by atoms with van der Waals surface area (Å²) in [4.78, 5) is 45.4. The zero-order valence-electron chi connectivity index (χ0n) is 14.1. The Balaban J connectivity index is 1.70. The minimum atomic E-state index is -1.16. The number of nitrogens with zero attached hydrogens (tertiary/aromatic N) is 3. The smallest absolute Gasteiger partial charge is 0.352 e. The van der Waals surface area contributed by atoms with Gasteiger partial charge < -0.3 is 15.7 Å². The summed E-state index contributed by atoms with van der Waals surface area (Å²) in [7, 11) is 0. The number of urea groups is 1. The van der Waals surface area contributed by atoms with Crippen LogP contribution in [-0.2, 0) is 9.59 Å². The van der Waals surface area contributed by atoms with E-state index in [-0.39, 0.29) is 12.2 Å². The Morgan fingerprint density at radius 2 is 2.19 bits per heavy atom. The first-order valence-corrected chi connectivity index (χ1v) is 10.0. The van der Waals surface area contributed by atoms with Crippen LogP contribution in [0.25, 0.3) is 0 Å². The summed E-state index contributed by atoms with van der Waals surface area (Å²) in [6.45, 7) is 3.77. The molecule has 1 aromatic heterocycles. The molecule has 0 aliphatic carbocycles. The van der Waals surface area contributed by atoms with Crippen LogP contribution in [0.1, 0.15) is 0 Å². The number of hydrogen-bond acceptors (Lipinski definition) is 7. The number of amides is 3. The largest absolute Gasteiger partial charge is 0.477 e. The Labute approximate surface area is 163 Å². The maximum Gasteiger partial charge on any atom is 0.352 e. The van der Waals surface area contributed by atoms with Gasteiger partial charge in [-0.3, -0.25) is 9.69 Å². The summed E-state index contributed by atoms with van der Waals surface area (Å²) in [5.74, 6) is -0.778. The van der Waals surface area contributed by atoms with Gasteiger partial charge in [0.1, 0.15) is 17.1 Å². The molecule has 2 atom stereocenters. The van der Waals surface area contributed by atoms with Gasteiger partial charge in [0.05, 0.1) is 0 Å². The van der Waals surface area contributed by atoms with E-state index in [0.717, 1.165) is 0 Å².